The van der Waals surface area contributed by atoms with Crippen molar-refractivity contribution < 1.29 is 9.90 Å². The van der Waals surface area contributed by atoms with E-state index in [1.54, 1.807) is 6.07 Å². The highest BCUT2D eigenvalue weighted by Gasteiger charge is 2.06. The molecule has 84 valence electrons. The van der Waals surface area contributed by atoms with Crippen molar-refractivity contribution in [2.24, 2.45) is 5.92 Å². The molecule has 16 heavy (non-hydrogen) atoms. The van der Waals surface area contributed by atoms with E-state index in [-0.39, 0.29) is 18.4 Å². The van der Waals surface area contributed by atoms with Crippen molar-refractivity contribution in [1.29, 1.82) is 0 Å². The lowest BCUT2D eigenvalue weighted by Crippen LogP contribution is -2.17. The molecule has 0 atom stereocenters. The Hall–Kier alpha value is -1.79. The summed E-state index contributed by atoms with van der Waals surface area (Å²) in [5.74, 6) is 5.28. The lowest BCUT2D eigenvalue weighted by molar-refractivity contribution is -0.118. The second-order valence-electron chi connectivity index (χ2n) is 3.68. The summed E-state index contributed by atoms with van der Waals surface area (Å²) in [6.07, 6.45) is 0. The normalized spacial score (nSPS) is 9.50. The largest absolute Gasteiger partial charge is 0.384 e. The summed E-state index contributed by atoms with van der Waals surface area (Å²) in [6, 6.07) is 7.23. The molecule has 0 heterocycles. The van der Waals surface area contributed by atoms with Crippen molar-refractivity contribution in [3.63, 3.8) is 0 Å². The molecule has 0 radical (unpaired) electrons. The molecule has 0 spiro atoms. The van der Waals surface area contributed by atoms with E-state index in [4.69, 9.17) is 5.11 Å². The molecule has 1 rings (SSSR count). The summed E-state index contributed by atoms with van der Waals surface area (Å²) in [4.78, 5) is 11.5. The third-order valence-electron chi connectivity index (χ3n) is 1.97. The zero-order valence-corrected chi connectivity index (χ0v) is 9.45. The number of benzene rings is 1. The van der Waals surface area contributed by atoms with Crippen molar-refractivity contribution in [1.82, 2.24) is 0 Å². The van der Waals surface area contributed by atoms with Gasteiger partial charge in [-0.2, -0.15) is 0 Å². The fourth-order valence-electron chi connectivity index (χ4n) is 1.10. The molecular formula is C13H15NO2. The molecule has 1 aromatic carbocycles. The molecule has 3 nitrogen and oxygen atoms in total. The van der Waals surface area contributed by atoms with Crippen LogP contribution in [0.4, 0.5) is 5.69 Å². The minimum Gasteiger partial charge on any atom is -0.384 e. The summed E-state index contributed by atoms with van der Waals surface area (Å²) in [6.45, 7) is 3.51. The number of anilines is 1. The minimum atomic E-state index is -0.164. The molecule has 0 aromatic heterocycles. The van der Waals surface area contributed by atoms with Gasteiger partial charge in [0.15, 0.2) is 0 Å². The monoisotopic (exact) mass is 217 g/mol. The third-order valence-corrected chi connectivity index (χ3v) is 1.97. The number of carbonyl (C=O) groups excluding carboxylic acids is 1. The van der Waals surface area contributed by atoms with Crippen LogP contribution in [0.15, 0.2) is 24.3 Å². The maximum absolute atomic E-state index is 11.5. The molecule has 0 saturated heterocycles. The fraction of sp³-hybridized carbons (Fsp3) is 0.308. The zero-order chi connectivity index (χ0) is 12.0. The molecular weight excluding hydrogens is 202 g/mol. The average molecular weight is 217 g/mol. The van der Waals surface area contributed by atoms with Crippen LogP contribution in [-0.2, 0) is 4.79 Å². The molecule has 1 amide bonds. The van der Waals surface area contributed by atoms with Gasteiger partial charge in [0, 0.05) is 17.2 Å². The van der Waals surface area contributed by atoms with Crippen LogP contribution in [0.3, 0.4) is 0 Å². The van der Waals surface area contributed by atoms with Crippen LogP contribution in [0.2, 0.25) is 0 Å². The van der Waals surface area contributed by atoms with E-state index < -0.39 is 0 Å². The predicted molar refractivity (Wildman–Crippen MR) is 63.9 cm³/mol. The first-order valence-corrected chi connectivity index (χ1v) is 5.14. The zero-order valence-electron chi connectivity index (χ0n) is 9.45. The number of carbonyl (C=O) groups is 1. The molecule has 0 aliphatic heterocycles. The maximum Gasteiger partial charge on any atom is 0.226 e. The molecule has 3 heteroatoms. The lowest BCUT2D eigenvalue weighted by atomic mass is 10.1. The van der Waals surface area contributed by atoms with Crippen LogP contribution >= 0.6 is 0 Å². The fourth-order valence-corrected chi connectivity index (χ4v) is 1.10. The van der Waals surface area contributed by atoms with Gasteiger partial charge in [0.1, 0.15) is 6.61 Å². The van der Waals surface area contributed by atoms with Crippen LogP contribution in [0, 0.1) is 17.8 Å². The Morgan fingerprint density at radius 3 is 2.88 bits per heavy atom. The van der Waals surface area contributed by atoms with Crippen molar-refractivity contribution >= 4 is 11.6 Å². The predicted octanol–water partition coefficient (Wildman–Crippen LogP) is 1.62. The molecule has 0 aliphatic carbocycles. The summed E-state index contributed by atoms with van der Waals surface area (Å²) < 4.78 is 0. The molecule has 0 aliphatic rings. The Morgan fingerprint density at radius 2 is 2.25 bits per heavy atom. The van der Waals surface area contributed by atoms with Crippen molar-refractivity contribution in [2.45, 2.75) is 13.8 Å². The van der Waals surface area contributed by atoms with Gasteiger partial charge in [-0.1, -0.05) is 31.8 Å². The van der Waals surface area contributed by atoms with E-state index in [0.717, 1.165) is 11.3 Å². The van der Waals surface area contributed by atoms with E-state index in [1.165, 1.54) is 0 Å². The van der Waals surface area contributed by atoms with Gasteiger partial charge >= 0.3 is 0 Å². The van der Waals surface area contributed by atoms with Crippen LogP contribution in [0.25, 0.3) is 0 Å². The standard InChI is InChI=1S/C13H15NO2/c1-10(2)13(16)14-12-7-3-5-11(9-12)6-4-8-15/h3,5,7,9-10,15H,8H2,1-2H3,(H,14,16). The Morgan fingerprint density at radius 1 is 1.50 bits per heavy atom. The average Bonchev–Trinajstić information content (AvgIpc) is 2.26. The van der Waals surface area contributed by atoms with Gasteiger partial charge in [-0.15, -0.1) is 0 Å². The van der Waals surface area contributed by atoms with Gasteiger partial charge in [0.05, 0.1) is 0 Å². The summed E-state index contributed by atoms with van der Waals surface area (Å²) >= 11 is 0. The molecule has 2 N–H and O–H groups in total. The number of hydrogen-bond donors (Lipinski definition) is 2. The van der Waals surface area contributed by atoms with Crippen LogP contribution in [-0.4, -0.2) is 17.6 Å². The van der Waals surface area contributed by atoms with Crippen LogP contribution in [0.5, 0.6) is 0 Å². The Bertz CT molecular complexity index is 427. The lowest BCUT2D eigenvalue weighted by Gasteiger charge is -2.07. The molecule has 1 aromatic rings. The van der Waals surface area contributed by atoms with E-state index in [9.17, 15) is 4.79 Å². The van der Waals surface area contributed by atoms with Gasteiger partial charge in [0.25, 0.3) is 0 Å². The maximum atomic E-state index is 11.5. The number of amides is 1. The quantitative estimate of drug-likeness (QED) is 0.740. The Kier molecular flexibility index (Phi) is 4.56. The minimum absolute atomic E-state index is 0.0210. The highest BCUT2D eigenvalue weighted by atomic mass is 16.2. The van der Waals surface area contributed by atoms with Crippen molar-refractivity contribution in [2.75, 3.05) is 11.9 Å². The van der Waals surface area contributed by atoms with Crippen molar-refractivity contribution in [3.05, 3.63) is 29.8 Å². The first kappa shape index (κ1) is 12.3. The topological polar surface area (TPSA) is 49.3 Å². The number of aliphatic hydroxyl groups excluding tert-OH is 1. The molecule has 0 saturated carbocycles. The van der Waals surface area contributed by atoms with Gasteiger partial charge in [-0.05, 0) is 18.2 Å². The van der Waals surface area contributed by atoms with Gasteiger partial charge in [-0.3, -0.25) is 4.79 Å². The molecule has 0 bridgehead atoms. The summed E-state index contributed by atoms with van der Waals surface area (Å²) in [7, 11) is 0. The van der Waals surface area contributed by atoms with E-state index >= 15 is 0 Å². The van der Waals surface area contributed by atoms with Crippen LogP contribution < -0.4 is 5.32 Å². The van der Waals surface area contributed by atoms with E-state index in [1.807, 2.05) is 32.0 Å². The molecule has 0 fully saturated rings. The highest BCUT2D eigenvalue weighted by molar-refractivity contribution is 5.92. The van der Waals surface area contributed by atoms with Crippen molar-refractivity contribution in [3.8, 4) is 11.8 Å². The van der Waals surface area contributed by atoms with E-state index in [2.05, 4.69) is 17.2 Å². The number of nitrogens with one attached hydrogen (secondary N) is 1. The second kappa shape index (κ2) is 5.94. The first-order valence-electron chi connectivity index (χ1n) is 5.14. The summed E-state index contributed by atoms with van der Waals surface area (Å²) in [5, 5.41) is 11.4. The van der Waals surface area contributed by atoms with Gasteiger partial charge in [-0.25, -0.2) is 0 Å². The second-order valence-corrected chi connectivity index (χ2v) is 3.68. The van der Waals surface area contributed by atoms with Gasteiger partial charge in [0.2, 0.25) is 5.91 Å². The number of rotatable bonds is 2. The van der Waals surface area contributed by atoms with Crippen LogP contribution in [0.1, 0.15) is 19.4 Å². The summed E-state index contributed by atoms with van der Waals surface area (Å²) in [5.41, 5.74) is 1.50. The highest BCUT2D eigenvalue weighted by Crippen LogP contribution is 2.11. The Labute approximate surface area is 95.5 Å². The number of hydrogen-bond acceptors (Lipinski definition) is 2. The third kappa shape index (κ3) is 3.76. The van der Waals surface area contributed by atoms with Gasteiger partial charge < -0.3 is 10.4 Å². The SMILES string of the molecule is CC(C)C(=O)Nc1cccc(C#CCO)c1. The Balaban J connectivity index is 2.78. The molecule has 0 unspecified atom stereocenters. The smallest absolute Gasteiger partial charge is 0.226 e. The van der Waals surface area contributed by atoms with E-state index in [0.29, 0.717) is 0 Å². The number of aliphatic hydroxyl groups is 1. The first-order chi connectivity index (χ1) is 7.63.